The van der Waals surface area contributed by atoms with Crippen LogP contribution < -0.4 is 0 Å². The molecule has 0 aromatic heterocycles. The minimum absolute atomic E-state index is 0.291. The van der Waals surface area contributed by atoms with Gasteiger partial charge in [-0.3, -0.25) is 0 Å². The fourth-order valence-electron chi connectivity index (χ4n) is 2.06. The van der Waals surface area contributed by atoms with Crippen LogP contribution in [0.4, 0.5) is 0 Å². The predicted molar refractivity (Wildman–Crippen MR) is 69.3 cm³/mol. The summed E-state index contributed by atoms with van der Waals surface area (Å²) >= 11 is 12.2. The molecule has 2 unspecified atom stereocenters. The van der Waals surface area contributed by atoms with Gasteiger partial charge in [-0.25, -0.2) is 0 Å². The molecule has 1 aliphatic carbocycles. The number of alkyl halides is 1. The summed E-state index contributed by atoms with van der Waals surface area (Å²) in [6.45, 7) is 0.291. The summed E-state index contributed by atoms with van der Waals surface area (Å²) in [7, 11) is 0. The van der Waals surface area contributed by atoms with Crippen LogP contribution >= 0.6 is 23.2 Å². The largest absolute Gasteiger partial charge is 0.364 e. The van der Waals surface area contributed by atoms with E-state index in [2.05, 4.69) is 0 Å². The quantitative estimate of drug-likeness (QED) is 0.672. The van der Waals surface area contributed by atoms with Crippen LogP contribution in [0.2, 0.25) is 5.02 Å². The van der Waals surface area contributed by atoms with Crippen LogP contribution in [0.15, 0.2) is 24.3 Å². The van der Waals surface area contributed by atoms with E-state index in [0.29, 0.717) is 18.1 Å². The number of ether oxygens (including phenoxy) is 1. The van der Waals surface area contributed by atoms with Crippen LogP contribution in [0.25, 0.3) is 0 Å². The molecule has 17 heavy (non-hydrogen) atoms. The third kappa shape index (κ3) is 3.14. The van der Waals surface area contributed by atoms with Gasteiger partial charge in [0.05, 0.1) is 12.0 Å². The maximum atomic E-state index is 10.3. The summed E-state index contributed by atoms with van der Waals surface area (Å²) in [6.07, 6.45) is 3.38. The van der Waals surface area contributed by atoms with Gasteiger partial charge < -0.3 is 9.84 Å². The molecule has 0 saturated heterocycles. The standard InChI is InChI=1S/C13H16Cl2O2/c14-11-6-2-1-5-10(11)9-17-13(16)8-4-3-7-12(13)15/h1-2,5-6,12,16H,3-4,7-9H2. The van der Waals surface area contributed by atoms with E-state index < -0.39 is 5.79 Å². The molecule has 1 N–H and O–H groups in total. The highest BCUT2D eigenvalue weighted by molar-refractivity contribution is 6.31. The second-order valence-electron chi connectivity index (χ2n) is 4.44. The summed E-state index contributed by atoms with van der Waals surface area (Å²) < 4.78 is 5.59. The lowest BCUT2D eigenvalue weighted by Gasteiger charge is -2.36. The molecule has 1 aromatic rings. The molecular weight excluding hydrogens is 259 g/mol. The Morgan fingerprint density at radius 1 is 1.35 bits per heavy atom. The molecule has 0 bridgehead atoms. The van der Waals surface area contributed by atoms with Crippen LogP contribution in [0.1, 0.15) is 31.2 Å². The van der Waals surface area contributed by atoms with Crippen molar-refractivity contribution in [3.63, 3.8) is 0 Å². The highest BCUT2D eigenvalue weighted by atomic mass is 35.5. The summed E-state index contributed by atoms with van der Waals surface area (Å²) in [5.41, 5.74) is 0.872. The van der Waals surface area contributed by atoms with E-state index in [9.17, 15) is 5.11 Å². The van der Waals surface area contributed by atoms with Crippen molar-refractivity contribution >= 4 is 23.2 Å². The van der Waals surface area contributed by atoms with Crippen molar-refractivity contribution in [2.75, 3.05) is 0 Å². The first-order chi connectivity index (χ1) is 8.12. The predicted octanol–water partition coefficient (Wildman–Crippen LogP) is 3.73. The summed E-state index contributed by atoms with van der Waals surface area (Å²) in [5, 5.41) is 10.6. The molecule has 0 amide bonds. The number of halogens is 2. The first-order valence-corrected chi connectivity index (χ1v) is 6.67. The number of hydrogen-bond donors (Lipinski definition) is 1. The minimum Gasteiger partial charge on any atom is -0.364 e. The lowest BCUT2D eigenvalue weighted by atomic mass is 9.93. The Morgan fingerprint density at radius 3 is 2.82 bits per heavy atom. The van der Waals surface area contributed by atoms with Gasteiger partial charge in [-0.05, 0) is 24.5 Å². The van der Waals surface area contributed by atoms with Gasteiger partial charge in [-0.15, -0.1) is 11.6 Å². The van der Waals surface area contributed by atoms with Gasteiger partial charge in [0.1, 0.15) is 0 Å². The van der Waals surface area contributed by atoms with Crippen LogP contribution in [0, 0.1) is 0 Å². The van der Waals surface area contributed by atoms with Crippen molar-refractivity contribution in [3.8, 4) is 0 Å². The lowest BCUT2D eigenvalue weighted by molar-refractivity contribution is -0.224. The molecule has 2 rings (SSSR count). The van der Waals surface area contributed by atoms with E-state index in [4.69, 9.17) is 27.9 Å². The summed E-state index contributed by atoms with van der Waals surface area (Å²) in [5.74, 6) is -1.21. The molecule has 1 aromatic carbocycles. The monoisotopic (exact) mass is 274 g/mol. The molecule has 1 saturated carbocycles. The lowest BCUT2D eigenvalue weighted by Crippen LogP contribution is -2.44. The van der Waals surface area contributed by atoms with E-state index >= 15 is 0 Å². The molecule has 0 radical (unpaired) electrons. The number of benzene rings is 1. The fourth-order valence-corrected chi connectivity index (χ4v) is 2.58. The number of hydrogen-bond acceptors (Lipinski definition) is 2. The van der Waals surface area contributed by atoms with Crippen molar-refractivity contribution in [2.24, 2.45) is 0 Å². The Bertz CT molecular complexity index is 383. The Labute approximate surface area is 111 Å². The average molecular weight is 275 g/mol. The Hall–Kier alpha value is -0.280. The first-order valence-electron chi connectivity index (χ1n) is 5.85. The highest BCUT2D eigenvalue weighted by Gasteiger charge is 2.38. The normalized spacial score (nSPS) is 29.2. The molecule has 1 aliphatic rings. The second kappa shape index (κ2) is 5.57. The fraction of sp³-hybridized carbons (Fsp3) is 0.538. The molecule has 1 fully saturated rings. The van der Waals surface area contributed by atoms with Crippen molar-refractivity contribution in [2.45, 2.75) is 43.5 Å². The molecule has 0 spiro atoms. The molecule has 2 nitrogen and oxygen atoms in total. The number of aliphatic hydroxyl groups is 1. The van der Waals surface area contributed by atoms with E-state index in [1.165, 1.54) is 0 Å². The average Bonchev–Trinajstić information content (AvgIpc) is 2.32. The van der Waals surface area contributed by atoms with Gasteiger partial charge in [-0.1, -0.05) is 36.2 Å². The van der Waals surface area contributed by atoms with Crippen molar-refractivity contribution in [3.05, 3.63) is 34.9 Å². The molecule has 0 heterocycles. The Kier molecular flexibility index (Phi) is 4.31. The third-order valence-corrected chi connectivity index (χ3v) is 4.10. The maximum absolute atomic E-state index is 10.3. The molecule has 94 valence electrons. The summed E-state index contributed by atoms with van der Waals surface area (Å²) in [6, 6.07) is 7.46. The van der Waals surface area contributed by atoms with Crippen molar-refractivity contribution in [1.29, 1.82) is 0 Å². The molecule has 2 atom stereocenters. The molecule has 0 aliphatic heterocycles. The van der Waals surface area contributed by atoms with Crippen molar-refractivity contribution < 1.29 is 9.84 Å². The van der Waals surface area contributed by atoms with E-state index in [1.807, 2.05) is 24.3 Å². The van der Waals surface area contributed by atoms with Gasteiger partial charge in [0, 0.05) is 11.4 Å². The number of rotatable bonds is 3. The van der Waals surface area contributed by atoms with E-state index in [1.54, 1.807) is 0 Å². The van der Waals surface area contributed by atoms with Gasteiger partial charge in [-0.2, -0.15) is 0 Å². The van der Waals surface area contributed by atoms with Crippen LogP contribution in [-0.4, -0.2) is 16.3 Å². The summed E-state index contributed by atoms with van der Waals surface area (Å²) in [4.78, 5) is 0. The minimum atomic E-state index is -1.21. The molecule has 4 heteroatoms. The molecular formula is C13H16Cl2O2. The topological polar surface area (TPSA) is 29.5 Å². The van der Waals surface area contributed by atoms with Crippen molar-refractivity contribution in [1.82, 2.24) is 0 Å². The third-order valence-electron chi connectivity index (χ3n) is 3.17. The van der Waals surface area contributed by atoms with Crippen LogP contribution in [0.3, 0.4) is 0 Å². The smallest absolute Gasteiger partial charge is 0.182 e. The zero-order valence-corrected chi connectivity index (χ0v) is 11.0. The Morgan fingerprint density at radius 2 is 2.12 bits per heavy atom. The van der Waals surface area contributed by atoms with Crippen LogP contribution in [-0.2, 0) is 11.3 Å². The zero-order valence-electron chi connectivity index (χ0n) is 9.53. The SMILES string of the molecule is OC1(OCc2ccccc2Cl)CCCCC1Cl. The van der Waals surface area contributed by atoms with Gasteiger partial charge >= 0.3 is 0 Å². The first kappa shape index (κ1) is 13.2. The zero-order chi connectivity index (χ0) is 12.3. The van der Waals surface area contributed by atoms with E-state index in [0.717, 1.165) is 24.8 Å². The van der Waals surface area contributed by atoms with E-state index in [-0.39, 0.29) is 5.38 Å². The van der Waals surface area contributed by atoms with Crippen LogP contribution in [0.5, 0.6) is 0 Å². The highest BCUT2D eigenvalue weighted by Crippen LogP contribution is 2.34. The Balaban J connectivity index is 1.99. The second-order valence-corrected chi connectivity index (χ2v) is 5.37. The van der Waals surface area contributed by atoms with Gasteiger partial charge in [0.15, 0.2) is 5.79 Å². The van der Waals surface area contributed by atoms with Gasteiger partial charge in [0.2, 0.25) is 0 Å². The van der Waals surface area contributed by atoms with Gasteiger partial charge in [0.25, 0.3) is 0 Å². The maximum Gasteiger partial charge on any atom is 0.182 e.